The van der Waals surface area contributed by atoms with Crippen molar-refractivity contribution in [2.45, 2.75) is 239 Å². The van der Waals surface area contributed by atoms with Gasteiger partial charge in [-0.1, -0.05) is 201 Å². The van der Waals surface area contributed by atoms with Gasteiger partial charge in [-0.15, -0.1) is 0 Å². The van der Waals surface area contributed by atoms with Crippen molar-refractivity contribution in [3.05, 3.63) is 0 Å². The molecule has 0 amide bonds. The molecule has 0 saturated carbocycles. The summed E-state index contributed by atoms with van der Waals surface area (Å²) < 4.78 is 31.2. The summed E-state index contributed by atoms with van der Waals surface area (Å²) in [5, 5.41) is 25.9. The standard InChI is InChI=1S/C20H40O2.C18H36O2.C3H8O5S.H3N/c1-3-5-6-7-8-9-10-11-12-13-14-15-16-17-18-19(4-2)20(21)22;1-2-3-4-5-6-7-8-9-10-11-12-13-14-15-16-17-18(19)20;1-3(4)2-8-9(5,6)7;/h19H,3-18H2,1-2H3,(H,21,22);2-17H2,1H3,(H,19,20);3-4H,2H2,1H3,(H,5,6,7);1H3. The summed E-state index contributed by atoms with van der Waals surface area (Å²) in [7, 11) is -4.38. The van der Waals surface area contributed by atoms with E-state index < -0.39 is 35.0 Å². The maximum Gasteiger partial charge on any atom is 0.397 e. The van der Waals surface area contributed by atoms with Gasteiger partial charge in [0, 0.05) is 6.42 Å². The van der Waals surface area contributed by atoms with Gasteiger partial charge in [0.15, 0.2) is 0 Å². The van der Waals surface area contributed by atoms with Gasteiger partial charge in [-0.3, -0.25) is 14.1 Å². The summed E-state index contributed by atoms with van der Waals surface area (Å²) in [5.74, 6) is -1.38. The molecule has 0 aromatic carbocycles. The first-order valence-corrected chi connectivity index (χ1v) is 22.5. The zero-order valence-electron chi connectivity index (χ0n) is 34.4. The zero-order valence-corrected chi connectivity index (χ0v) is 35.3. The molecule has 52 heavy (non-hydrogen) atoms. The highest BCUT2D eigenvalue weighted by Gasteiger charge is 2.13. The van der Waals surface area contributed by atoms with Crippen LogP contribution < -0.4 is 6.15 Å². The fraction of sp³-hybridized carbons (Fsp3) is 0.951. The predicted molar refractivity (Wildman–Crippen MR) is 218 cm³/mol. The second kappa shape index (κ2) is 45.9. The molecule has 11 heteroatoms. The summed E-state index contributed by atoms with van der Waals surface area (Å²) in [5.41, 5.74) is 0. The van der Waals surface area contributed by atoms with E-state index in [1.807, 2.05) is 6.92 Å². The highest BCUT2D eigenvalue weighted by atomic mass is 32.3. The molecule has 0 aromatic heterocycles. The Morgan fingerprint density at radius 2 is 0.827 bits per heavy atom. The highest BCUT2D eigenvalue weighted by molar-refractivity contribution is 7.80. The lowest BCUT2D eigenvalue weighted by atomic mass is 9.98. The fourth-order valence-corrected chi connectivity index (χ4v) is 6.29. The van der Waals surface area contributed by atoms with Crippen LogP contribution in [0.3, 0.4) is 0 Å². The van der Waals surface area contributed by atoms with E-state index in [0.29, 0.717) is 6.42 Å². The van der Waals surface area contributed by atoms with E-state index in [1.54, 1.807) is 0 Å². The van der Waals surface area contributed by atoms with Crippen LogP contribution in [-0.4, -0.2) is 52.9 Å². The number of hydrogen-bond acceptors (Lipinski definition) is 7. The Morgan fingerprint density at radius 3 is 1.04 bits per heavy atom. The molecule has 0 aliphatic heterocycles. The molecule has 10 nitrogen and oxygen atoms in total. The van der Waals surface area contributed by atoms with Crippen molar-refractivity contribution in [1.29, 1.82) is 0 Å². The average molecular weight is 770 g/mol. The van der Waals surface area contributed by atoms with E-state index in [1.165, 1.54) is 174 Å². The monoisotopic (exact) mass is 770 g/mol. The van der Waals surface area contributed by atoms with Crippen LogP contribution in [0.1, 0.15) is 233 Å². The quantitative estimate of drug-likeness (QED) is 0.0302. The van der Waals surface area contributed by atoms with Gasteiger partial charge in [0.05, 0.1) is 18.6 Å². The van der Waals surface area contributed by atoms with Crippen molar-refractivity contribution < 1.29 is 42.1 Å². The SMILES string of the molecule is CC(O)COS(=O)(=O)O.CCCCCCCCCCCCCCCCC(CC)C(=O)O.CCCCCCCCCCCCCCCCCC(=O)O.N. The third kappa shape index (κ3) is 58.1. The molecule has 0 aliphatic carbocycles. The first kappa shape index (κ1) is 57.5. The van der Waals surface area contributed by atoms with Crippen LogP contribution in [0.15, 0.2) is 0 Å². The van der Waals surface area contributed by atoms with Crippen LogP contribution in [0.5, 0.6) is 0 Å². The lowest BCUT2D eigenvalue weighted by molar-refractivity contribution is -0.142. The number of carboxylic acid groups (broad SMARTS) is 2. The molecule has 0 bridgehead atoms. The van der Waals surface area contributed by atoms with Crippen LogP contribution in [0.25, 0.3) is 0 Å². The van der Waals surface area contributed by atoms with Crippen LogP contribution in [0, 0.1) is 5.92 Å². The number of aliphatic hydroxyl groups excluding tert-OH is 1. The topological polar surface area (TPSA) is 193 Å². The lowest BCUT2D eigenvalue weighted by Crippen LogP contribution is -2.14. The average Bonchev–Trinajstić information content (AvgIpc) is 3.07. The first-order chi connectivity index (χ1) is 24.4. The van der Waals surface area contributed by atoms with E-state index in [-0.39, 0.29) is 12.1 Å². The minimum absolute atomic E-state index is 0. The van der Waals surface area contributed by atoms with Gasteiger partial charge in [0.1, 0.15) is 0 Å². The molecule has 0 rings (SSSR count). The van der Waals surface area contributed by atoms with E-state index in [4.69, 9.17) is 19.9 Å². The van der Waals surface area contributed by atoms with Gasteiger partial charge in [-0.25, -0.2) is 4.18 Å². The van der Waals surface area contributed by atoms with Crippen LogP contribution in [0.2, 0.25) is 0 Å². The van der Waals surface area contributed by atoms with Gasteiger partial charge in [0.2, 0.25) is 0 Å². The van der Waals surface area contributed by atoms with Crippen molar-refractivity contribution in [3.8, 4) is 0 Å². The Bertz CT molecular complexity index is 825. The Labute approximate surface area is 321 Å². The molecule has 316 valence electrons. The molecule has 0 fully saturated rings. The third-order valence-electron chi connectivity index (χ3n) is 9.20. The lowest BCUT2D eigenvalue weighted by Gasteiger charge is -2.08. The summed E-state index contributed by atoms with van der Waals surface area (Å²) in [6, 6.07) is 0. The number of hydrogen-bond donors (Lipinski definition) is 5. The molecule has 0 heterocycles. The van der Waals surface area contributed by atoms with Crippen molar-refractivity contribution in [2.75, 3.05) is 6.61 Å². The molecule has 0 aromatic rings. The number of unbranched alkanes of at least 4 members (excludes halogenated alkanes) is 27. The van der Waals surface area contributed by atoms with Crippen LogP contribution >= 0.6 is 0 Å². The van der Waals surface area contributed by atoms with Gasteiger partial charge in [-0.2, -0.15) is 8.42 Å². The molecule has 7 N–H and O–H groups in total. The minimum Gasteiger partial charge on any atom is -0.481 e. The number of carboxylic acids is 2. The van der Waals surface area contributed by atoms with Gasteiger partial charge >= 0.3 is 22.3 Å². The zero-order chi connectivity index (χ0) is 38.9. The molecule has 2 unspecified atom stereocenters. The van der Waals surface area contributed by atoms with E-state index in [2.05, 4.69) is 18.0 Å². The molecule has 0 radical (unpaired) electrons. The van der Waals surface area contributed by atoms with Gasteiger partial charge in [0.25, 0.3) is 0 Å². The van der Waals surface area contributed by atoms with Gasteiger partial charge < -0.3 is 21.5 Å². The third-order valence-corrected chi connectivity index (χ3v) is 9.63. The summed E-state index contributed by atoms with van der Waals surface area (Å²) >= 11 is 0. The highest BCUT2D eigenvalue weighted by Crippen LogP contribution is 2.17. The summed E-state index contributed by atoms with van der Waals surface area (Å²) in [4.78, 5) is 21.2. The molecule has 2 atom stereocenters. The Balaban J connectivity index is -0.000000355. The van der Waals surface area contributed by atoms with Crippen molar-refractivity contribution in [1.82, 2.24) is 6.15 Å². The Morgan fingerprint density at radius 1 is 0.538 bits per heavy atom. The summed E-state index contributed by atoms with van der Waals surface area (Å²) in [6.45, 7) is 7.44. The minimum atomic E-state index is -4.38. The first-order valence-electron chi connectivity index (χ1n) is 21.2. The van der Waals surface area contributed by atoms with Gasteiger partial charge in [-0.05, 0) is 26.2 Å². The number of aliphatic carboxylic acids is 2. The number of carbonyl (C=O) groups is 2. The van der Waals surface area contributed by atoms with E-state index >= 15 is 0 Å². The van der Waals surface area contributed by atoms with Crippen LogP contribution in [-0.2, 0) is 24.2 Å². The normalized spacial score (nSPS) is 12.1. The molecule has 0 saturated heterocycles. The maximum absolute atomic E-state index is 10.9. The van der Waals surface area contributed by atoms with E-state index in [9.17, 15) is 18.0 Å². The second-order valence-corrected chi connectivity index (χ2v) is 15.6. The maximum atomic E-state index is 10.9. The Hall–Kier alpha value is -1.27. The molecular weight excluding hydrogens is 683 g/mol. The van der Waals surface area contributed by atoms with E-state index in [0.717, 1.165) is 32.1 Å². The number of rotatable bonds is 36. The number of aliphatic hydroxyl groups is 1. The second-order valence-electron chi connectivity index (χ2n) is 14.5. The predicted octanol–water partition coefficient (Wildman–Crippen LogP) is 12.6. The largest absolute Gasteiger partial charge is 0.481 e. The Kier molecular flexibility index (Phi) is 50.7. The smallest absolute Gasteiger partial charge is 0.397 e. The van der Waals surface area contributed by atoms with Crippen LogP contribution in [0.4, 0.5) is 0 Å². The summed E-state index contributed by atoms with van der Waals surface area (Å²) in [6.07, 6.45) is 39.9. The van der Waals surface area contributed by atoms with Crippen molar-refractivity contribution in [2.24, 2.45) is 5.92 Å². The van der Waals surface area contributed by atoms with Crippen molar-refractivity contribution >= 4 is 22.3 Å². The molecular formula is C41H87NO9S. The molecule has 0 spiro atoms. The van der Waals surface area contributed by atoms with Crippen molar-refractivity contribution in [3.63, 3.8) is 0 Å². The fourth-order valence-electron chi connectivity index (χ4n) is 5.92. The molecule has 0 aliphatic rings.